The van der Waals surface area contributed by atoms with E-state index in [1.165, 1.54) is 11.1 Å². The third kappa shape index (κ3) is 9.44. The summed E-state index contributed by atoms with van der Waals surface area (Å²) in [4.78, 5) is 8.00. The highest BCUT2D eigenvalue weighted by Gasteiger charge is 1.95. The highest BCUT2D eigenvalue weighted by Crippen LogP contribution is 2.21. The van der Waals surface area contributed by atoms with E-state index in [0.717, 1.165) is 11.5 Å². The van der Waals surface area contributed by atoms with Crippen LogP contribution in [0.5, 0.6) is 11.5 Å². The van der Waals surface area contributed by atoms with Gasteiger partial charge in [-0.3, -0.25) is 0 Å². The van der Waals surface area contributed by atoms with E-state index in [1.807, 2.05) is 83.0 Å². The van der Waals surface area contributed by atoms with Crippen molar-refractivity contribution < 1.29 is 9.53 Å². The molecular weight excluding hydrogens is 260 g/mol. The number of carbonyl (C=O) groups excluding carboxylic acids is 1. The molecule has 0 aromatic heterocycles. The summed E-state index contributed by atoms with van der Waals surface area (Å²) < 4.78 is 5.69. The Balaban J connectivity index is 0. The minimum atomic E-state index is 0.879. The van der Waals surface area contributed by atoms with Crippen LogP contribution in [0.3, 0.4) is 0 Å². The van der Waals surface area contributed by atoms with Crippen LogP contribution in [0.15, 0.2) is 48.5 Å². The lowest BCUT2D eigenvalue weighted by molar-refractivity contribution is -0.0979. The van der Waals surface area contributed by atoms with Crippen LogP contribution in [0, 0.1) is 13.8 Å². The molecule has 0 aliphatic carbocycles. The maximum atomic E-state index is 8.00. The maximum Gasteiger partial charge on any atom is 0.127 e. The van der Waals surface area contributed by atoms with Crippen LogP contribution in [0.2, 0.25) is 0 Å². The van der Waals surface area contributed by atoms with Crippen molar-refractivity contribution in [1.29, 1.82) is 0 Å². The van der Waals surface area contributed by atoms with Crippen molar-refractivity contribution in [3.05, 3.63) is 59.7 Å². The van der Waals surface area contributed by atoms with Crippen LogP contribution in [0.1, 0.15) is 38.8 Å². The van der Waals surface area contributed by atoms with Crippen LogP contribution < -0.4 is 4.74 Å². The summed E-state index contributed by atoms with van der Waals surface area (Å²) >= 11 is 0. The number of hydrogen-bond acceptors (Lipinski definition) is 2. The van der Waals surface area contributed by atoms with E-state index in [0.29, 0.717) is 0 Å². The fourth-order valence-electron chi connectivity index (χ4n) is 1.35. The van der Waals surface area contributed by atoms with E-state index >= 15 is 0 Å². The van der Waals surface area contributed by atoms with Crippen LogP contribution in [0.4, 0.5) is 0 Å². The summed E-state index contributed by atoms with van der Waals surface area (Å²) in [5.74, 6) is 1.76. The van der Waals surface area contributed by atoms with Gasteiger partial charge >= 0.3 is 0 Å². The van der Waals surface area contributed by atoms with Gasteiger partial charge in [0.1, 0.15) is 18.3 Å². The highest BCUT2D eigenvalue weighted by atomic mass is 16.5. The molecule has 0 saturated heterocycles. The zero-order valence-electron chi connectivity index (χ0n) is 14.1. The molecule has 0 aliphatic heterocycles. The van der Waals surface area contributed by atoms with Crippen molar-refractivity contribution in [3.63, 3.8) is 0 Å². The molecule has 2 heteroatoms. The fourth-order valence-corrected chi connectivity index (χ4v) is 1.35. The number of rotatable bonds is 2. The number of hydrogen-bond donors (Lipinski definition) is 0. The summed E-state index contributed by atoms with van der Waals surface area (Å²) in [7, 11) is 0. The molecule has 0 amide bonds. The Bertz CT molecular complexity index is 400. The largest absolute Gasteiger partial charge is 0.457 e. The minimum Gasteiger partial charge on any atom is -0.457 e. The predicted molar refractivity (Wildman–Crippen MR) is 92.2 cm³/mol. The van der Waals surface area contributed by atoms with Crippen LogP contribution in [0.25, 0.3) is 0 Å². The maximum absolute atomic E-state index is 8.00. The van der Waals surface area contributed by atoms with Gasteiger partial charge in [-0.2, -0.15) is 0 Å². The molecule has 2 rings (SSSR count). The van der Waals surface area contributed by atoms with E-state index in [4.69, 9.17) is 9.53 Å². The Morgan fingerprint density at radius 1 is 0.619 bits per heavy atom. The van der Waals surface area contributed by atoms with E-state index < -0.39 is 0 Å². The van der Waals surface area contributed by atoms with Crippen molar-refractivity contribution in [2.45, 2.75) is 41.5 Å². The molecule has 0 fully saturated rings. The van der Waals surface area contributed by atoms with E-state index in [9.17, 15) is 0 Å². The number of aryl methyl sites for hydroxylation is 2. The van der Waals surface area contributed by atoms with Gasteiger partial charge in [-0.1, -0.05) is 63.1 Å². The van der Waals surface area contributed by atoms with Gasteiger partial charge in [-0.25, -0.2) is 0 Å². The monoisotopic (exact) mass is 288 g/mol. The SMILES string of the molecule is C=O.CC.CC.Cc1ccc(Oc2ccc(C)cc2)cc1. The molecule has 2 aromatic rings. The topological polar surface area (TPSA) is 26.3 Å². The lowest BCUT2D eigenvalue weighted by Gasteiger charge is -2.05. The van der Waals surface area contributed by atoms with Gasteiger partial charge in [-0.15, -0.1) is 0 Å². The molecule has 21 heavy (non-hydrogen) atoms. The molecule has 0 radical (unpaired) electrons. The van der Waals surface area contributed by atoms with Crippen LogP contribution >= 0.6 is 0 Å². The van der Waals surface area contributed by atoms with Crippen molar-refractivity contribution in [2.24, 2.45) is 0 Å². The second-order valence-electron chi connectivity index (χ2n) is 3.73. The Kier molecular flexibility index (Phi) is 14.5. The smallest absolute Gasteiger partial charge is 0.127 e. The number of carbonyl (C=O) groups is 1. The van der Waals surface area contributed by atoms with E-state index in [2.05, 4.69) is 13.8 Å². The van der Waals surface area contributed by atoms with Gasteiger partial charge in [0, 0.05) is 0 Å². The van der Waals surface area contributed by atoms with Gasteiger partial charge in [0.05, 0.1) is 0 Å². The first kappa shape index (κ1) is 21.2. The van der Waals surface area contributed by atoms with E-state index in [1.54, 1.807) is 0 Å². The zero-order valence-corrected chi connectivity index (χ0v) is 14.1. The van der Waals surface area contributed by atoms with Gasteiger partial charge in [0.25, 0.3) is 0 Å². The van der Waals surface area contributed by atoms with Gasteiger partial charge in [0.2, 0.25) is 0 Å². The molecule has 2 nitrogen and oxygen atoms in total. The second-order valence-corrected chi connectivity index (χ2v) is 3.73. The van der Waals surface area contributed by atoms with Crippen molar-refractivity contribution in [2.75, 3.05) is 0 Å². The van der Waals surface area contributed by atoms with E-state index in [-0.39, 0.29) is 0 Å². The van der Waals surface area contributed by atoms with Crippen LogP contribution in [-0.4, -0.2) is 6.79 Å². The summed E-state index contributed by atoms with van der Waals surface area (Å²) in [6, 6.07) is 16.1. The third-order valence-electron chi connectivity index (χ3n) is 2.28. The molecule has 0 bridgehead atoms. The summed E-state index contributed by atoms with van der Waals surface area (Å²) in [5, 5.41) is 0. The molecule has 0 unspecified atom stereocenters. The van der Waals surface area contributed by atoms with Crippen molar-refractivity contribution in [3.8, 4) is 11.5 Å². The lowest BCUT2D eigenvalue weighted by atomic mass is 10.2. The average molecular weight is 288 g/mol. The molecule has 0 N–H and O–H groups in total. The Hall–Kier alpha value is -2.09. The van der Waals surface area contributed by atoms with Gasteiger partial charge < -0.3 is 9.53 Å². The number of ether oxygens (including phenoxy) is 1. The molecule has 0 spiro atoms. The molecule has 0 atom stereocenters. The predicted octanol–water partition coefficient (Wildman–Crippen LogP) is 5.96. The molecule has 0 aliphatic rings. The van der Waals surface area contributed by atoms with Gasteiger partial charge in [-0.05, 0) is 38.1 Å². The zero-order chi connectivity index (χ0) is 16.7. The number of benzene rings is 2. The van der Waals surface area contributed by atoms with Gasteiger partial charge in [0.15, 0.2) is 0 Å². The summed E-state index contributed by atoms with van der Waals surface area (Å²) in [6.45, 7) is 14.1. The normalized spacial score (nSPS) is 7.90. The molecule has 0 heterocycles. The average Bonchev–Trinajstić information content (AvgIpc) is 2.57. The first-order valence-electron chi connectivity index (χ1n) is 7.34. The second kappa shape index (κ2) is 14.3. The van der Waals surface area contributed by atoms with Crippen molar-refractivity contribution in [1.82, 2.24) is 0 Å². The Morgan fingerprint density at radius 3 is 1.10 bits per heavy atom. The quantitative estimate of drug-likeness (QED) is 0.681. The van der Waals surface area contributed by atoms with Crippen LogP contribution in [-0.2, 0) is 4.79 Å². The Labute approximate surface area is 129 Å². The minimum absolute atomic E-state index is 0.879. The molecule has 2 aromatic carbocycles. The highest BCUT2D eigenvalue weighted by molar-refractivity contribution is 5.33. The molecule has 116 valence electrons. The fraction of sp³-hybridized carbons (Fsp3) is 0.316. The third-order valence-corrected chi connectivity index (χ3v) is 2.28. The molecular formula is C19H28O2. The lowest BCUT2D eigenvalue weighted by Crippen LogP contribution is -1.84. The standard InChI is InChI=1S/C14H14O.2C2H6.CH2O/c1-11-3-7-13(8-4-11)15-14-9-5-12(2)6-10-14;3*1-2/h3-10H,1-2H3;2*1-2H3;1H2. The summed E-state index contributed by atoms with van der Waals surface area (Å²) in [6.07, 6.45) is 0. The summed E-state index contributed by atoms with van der Waals surface area (Å²) in [5.41, 5.74) is 2.48. The first-order valence-corrected chi connectivity index (χ1v) is 7.34. The molecule has 0 saturated carbocycles. The van der Waals surface area contributed by atoms with Crippen molar-refractivity contribution >= 4 is 6.79 Å². The first-order chi connectivity index (χ1) is 10.2. The Morgan fingerprint density at radius 2 is 0.857 bits per heavy atom.